The molecule has 1 N–H and O–H groups in total. The standard InChI is InChI=1S/C19H32N2/c1-5-21(6-2)14-17-8-7-9-18(13-17)20-19-12-15(3)10-11-16(19)4/h7-9,13,15-16,19-20H,5-6,10-12,14H2,1-4H3. The number of nitrogens with one attached hydrogen (secondary N) is 1. The average Bonchev–Trinajstić information content (AvgIpc) is 2.49. The summed E-state index contributed by atoms with van der Waals surface area (Å²) in [7, 11) is 0. The van der Waals surface area contributed by atoms with Crippen molar-refractivity contribution in [2.75, 3.05) is 18.4 Å². The van der Waals surface area contributed by atoms with Crippen LogP contribution in [0.4, 0.5) is 5.69 Å². The van der Waals surface area contributed by atoms with E-state index in [0.29, 0.717) is 6.04 Å². The zero-order valence-corrected chi connectivity index (χ0v) is 14.2. The second-order valence-corrected chi connectivity index (χ2v) is 6.81. The Kier molecular flexibility index (Phi) is 6.10. The highest BCUT2D eigenvalue weighted by atomic mass is 15.1. The Morgan fingerprint density at radius 3 is 2.62 bits per heavy atom. The van der Waals surface area contributed by atoms with Crippen LogP contribution in [0.15, 0.2) is 24.3 Å². The summed E-state index contributed by atoms with van der Waals surface area (Å²) >= 11 is 0. The lowest BCUT2D eigenvalue weighted by atomic mass is 9.80. The molecule has 3 atom stereocenters. The van der Waals surface area contributed by atoms with E-state index < -0.39 is 0 Å². The molecule has 0 bridgehead atoms. The second-order valence-electron chi connectivity index (χ2n) is 6.81. The zero-order valence-electron chi connectivity index (χ0n) is 14.2. The quantitative estimate of drug-likeness (QED) is 0.811. The Labute approximate surface area is 130 Å². The highest BCUT2D eigenvalue weighted by molar-refractivity contribution is 5.46. The van der Waals surface area contributed by atoms with Crippen molar-refractivity contribution in [2.24, 2.45) is 11.8 Å². The van der Waals surface area contributed by atoms with Crippen LogP contribution in [0.1, 0.15) is 52.5 Å². The van der Waals surface area contributed by atoms with E-state index in [1.807, 2.05) is 0 Å². The predicted octanol–water partition coefficient (Wildman–Crippen LogP) is 4.77. The van der Waals surface area contributed by atoms with Crippen LogP contribution in [-0.2, 0) is 6.54 Å². The van der Waals surface area contributed by atoms with Crippen LogP contribution >= 0.6 is 0 Å². The minimum absolute atomic E-state index is 0.637. The number of anilines is 1. The lowest BCUT2D eigenvalue weighted by molar-refractivity contribution is 0.280. The minimum atomic E-state index is 0.637. The fourth-order valence-electron chi connectivity index (χ4n) is 3.41. The monoisotopic (exact) mass is 288 g/mol. The van der Waals surface area contributed by atoms with Crippen LogP contribution in [-0.4, -0.2) is 24.0 Å². The van der Waals surface area contributed by atoms with Crippen molar-refractivity contribution in [1.82, 2.24) is 4.90 Å². The number of rotatable bonds is 6. The van der Waals surface area contributed by atoms with Gasteiger partial charge in [-0.3, -0.25) is 4.90 Å². The van der Waals surface area contributed by atoms with Gasteiger partial charge in [0, 0.05) is 18.3 Å². The summed E-state index contributed by atoms with van der Waals surface area (Å²) in [5.74, 6) is 1.64. The molecule has 118 valence electrons. The summed E-state index contributed by atoms with van der Waals surface area (Å²) in [6.45, 7) is 12.5. The topological polar surface area (TPSA) is 15.3 Å². The summed E-state index contributed by atoms with van der Waals surface area (Å²) < 4.78 is 0. The molecule has 1 aliphatic carbocycles. The van der Waals surface area contributed by atoms with Gasteiger partial charge in [0.05, 0.1) is 0 Å². The Balaban J connectivity index is 2.00. The highest BCUT2D eigenvalue weighted by Crippen LogP contribution is 2.30. The van der Waals surface area contributed by atoms with Crippen molar-refractivity contribution in [3.63, 3.8) is 0 Å². The molecule has 1 aliphatic rings. The van der Waals surface area contributed by atoms with E-state index >= 15 is 0 Å². The van der Waals surface area contributed by atoms with E-state index in [9.17, 15) is 0 Å². The van der Waals surface area contributed by atoms with Crippen molar-refractivity contribution in [1.29, 1.82) is 0 Å². The Bertz CT molecular complexity index is 425. The summed E-state index contributed by atoms with van der Waals surface area (Å²) in [5, 5.41) is 3.79. The molecule has 1 aromatic carbocycles. The molecule has 1 saturated carbocycles. The van der Waals surface area contributed by atoms with Gasteiger partial charge in [-0.1, -0.05) is 46.2 Å². The molecule has 1 fully saturated rings. The van der Waals surface area contributed by atoms with Crippen LogP contribution in [0.2, 0.25) is 0 Å². The lowest BCUT2D eigenvalue weighted by Gasteiger charge is -2.34. The second kappa shape index (κ2) is 7.84. The largest absolute Gasteiger partial charge is 0.382 e. The number of benzene rings is 1. The maximum absolute atomic E-state index is 3.79. The van der Waals surface area contributed by atoms with Crippen molar-refractivity contribution in [3.05, 3.63) is 29.8 Å². The fourth-order valence-corrected chi connectivity index (χ4v) is 3.41. The molecular formula is C19H32N2. The minimum Gasteiger partial charge on any atom is -0.382 e. The maximum atomic E-state index is 3.79. The Hall–Kier alpha value is -1.02. The first-order chi connectivity index (χ1) is 10.1. The van der Waals surface area contributed by atoms with Crippen LogP contribution in [0.3, 0.4) is 0 Å². The summed E-state index contributed by atoms with van der Waals surface area (Å²) in [6.07, 6.45) is 4.06. The molecule has 3 unspecified atom stereocenters. The summed E-state index contributed by atoms with van der Waals surface area (Å²) in [6, 6.07) is 9.63. The SMILES string of the molecule is CCN(CC)Cc1cccc(NC2CC(C)CCC2C)c1. The van der Waals surface area contributed by atoms with Crippen LogP contribution < -0.4 is 5.32 Å². The van der Waals surface area contributed by atoms with Crippen molar-refractivity contribution in [2.45, 2.75) is 59.5 Å². The lowest BCUT2D eigenvalue weighted by Crippen LogP contribution is -2.33. The molecule has 0 aliphatic heterocycles. The van der Waals surface area contributed by atoms with E-state index in [-0.39, 0.29) is 0 Å². The van der Waals surface area contributed by atoms with Gasteiger partial charge in [-0.2, -0.15) is 0 Å². The summed E-state index contributed by atoms with van der Waals surface area (Å²) in [4.78, 5) is 2.46. The fraction of sp³-hybridized carbons (Fsp3) is 0.684. The Morgan fingerprint density at radius 1 is 1.14 bits per heavy atom. The van der Waals surface area contributed by atoms with E-state index in [0.717, 1.165) is 31.5 Å². The van der Waals surface area contributed by atoms with E-state index in [2.05, 4.69) is 62.2 Å². The molecule has 2 heteroatoms. The maximum Gasteiger partial charge on any atom is 0.0345 e. The van der Waals surface area contributed by atoms with Crippen molar-refractivity contribution >= 4 is 5.69 Å². The molecule has 2 nitrogen and oxygen atoms in total. The van der Waals surface area contributed by atoms with Crippen molar-refractivity contribution in [3.8, 4) is 0 Å². The van der Waals surface area contributed by atoms with E-state index in [1.54, 1.807) is 0 Å². The number of hydrogen-bond donors (Lipinski definition) is 1. The van der Waals surface area contributed by atoms with Gasteiger partial charge in [0.2, 0.25) is 0 Å². The molecule has 21 heavy (non-hydrogen) atoms. The van der Waals surface area contributed by atoms with Gasteiger partial charge >= 0.3 is 0 Å². The van der Waals surface area contributed by atoms with Crippen LogP contribution in [0.25, 0.3) is 0 Å². The van der Waals surface area contributed by atoms with Gasteiger partial charge in [0.1, 0.15) is 0 Å². The third kappa shape index (κ3) is 4.74. The van der Waals surface area contributed by atoms with Gasteiger partial charge in [0.25, 0.3) is 0 Å². The van der Waals surface area contributed by atoms with E-state index in [1.165, 1.54) is 30.5 Å². The van der Waals surface area contributed by atoms with Gasteiger partial charge in [0.15, 0.2) is 0 Å². The molecule has 0 spiro atoms. The third-order valence-electron chi connectivity index (χ3n) is 5.04. The number of hydrogen-bond acceptors (Lipinski definition) is 2. The molecular weight excluding hydrogens is 256 g/mol. The predicted molar refractivity (Wildman–Crippen MR) is 92.7 cm³/mol. The normalized spacial score (nSPS) is 26.0. The molecule has 0 amide bonds. The Morgan fingerprint density at radius 2 is 1.90 bits per heavy atom. The third-order valence-corrected chi connectivity index (χ3v) is 5.04. The van der Waals surface area contributed by atoms with Gasteiger partial charge in [-0.25, -0.2) is 0 Å². The molecule has 1 aromatic rings. The summed E-state index contributed by atoms with van der Waals surface area (Å²) in [5.41, 5.74) is 2.71. The molecule has 0 saturated heterocycles. The molecule has 0 aromatic heterocycles. The number of nitrogens with zero attached hydrogens (tertiary/aromatic N) is 1. The van der Waals surface area contributed by atoms with Gasteiger partial charge in [-0.05, 0) is 55.5 Å². The highest BCUT2D eigenvalue weighted by Gasteiger charge is 2.25. The first-order valence-corrected chi connectivity index (χ1v) is 8.70. The first-order valence-electron chi connectivity index (χ1n) is 8.70. The molecule has 2 rings (SSSR count). The van der Waals surface area contributed by atoms with Crippen molar-refractivity contribution < 1.29 is 0 Å². The van der Waals surface area contributed by atoms with Gasteiger partial charge in [-0.15, -0.1) is 0 Å². The first kappa shape index (κ1) is 16.4. The molecule has 0 radical (unpaired) electrons. The van der Waals surface area contributed by atoms with E-state index in [4.69, 9.17) is 0 Å². The molecule has 0 heterocycles. The van der Waals surface area contributed by atoms with Crippen LogP contribution in [0.5, 0.6) is 0 Å². The van der Waals surface area contributed by atoms with Crippen LogP contribution in [0, 0.1) is 11.8 Å². The smallest absolute Gasteiger partial charge is 0.0345 e. The zero-order chi connectivity index (χ0) is 15.2. The average molecular weight is 288 g/mol. The van der Waals surface area contributed by atoms with Gasteiger partial charge < -0.3 is 5.32 Å².